The van der Waals surface area contributed by atoms with Gasteiger partial charge in [0.2, 0.25) is 0 Å². The third kappa shape index (κ3) is 4.56. The van der Waals surface area contributed by atoms with E-state index in [-0.39, 0.29) is 0 Å². The number of primary amides is 1. The minimum atomic E-state index is -1.04. The van der Waals surface area contributed by atoms with Crippen LogP contribution in [0.25, 0.3) is 0 Å². The van der Waals surface area contributed by atoms with Crippen LogP contribution in [0.1, 0.15) is 0 Å². The molecule has 0 aliphatic rings. The number of amides is 1. The van der Waals surface area contributed by atoms with E-state index < -0.39 is 18.7 Å². The van der Waals surface area contributed by atoms with Gasteiger partial charge in [-0.2, -0.15) is 5.90 Å². The molecule has 4 N–H and O–H groups in total. The second-order valence-corrected chi connectivity index (χ2v) is 1.10. The van der Waals surface area contributed by atoms with E-state index >= 15 is 0 Å². The lowest BCUT2D eigenvalue weighted by Gasteiger charge is -1.96. The van der Waals surface area contributed by atoms with Crippen LogP contribution in [-0.2, 0) is 14.4 Å². The van der Waals surface area contributed by atoms with Crippen LogP contribution in [0.5, 0.6) is 0 Å². The zero-order valence-corrected chi connectivity index (χ0v) is 4.49. The fourth-order valence-corrected chi connectivity index (χ4v) is 0.164. The second-order valence-electron chi connectivity index (χ2n) is 1.10. The van der Waals surface area contributed by atoms with Gasteiger partial charge in [-0.1, -0.05) is 0 Å². The van der Waals surface area contributed by atoms with Crippen LogP contribution in [0.4, 0.5) is 4.79 Å². The molecule has 0 radical (unpaired) electrons. The standard InChI is InChI=1S/C3H6N2O4/c4-3(7)8-1-2(6)9-5/h1,5H2,(H2,4,7). The van der Waals surface area contributed by atoms with Gasteiger partial charge in [0.05, 0.1) is 0 Å². The van der Waals surface area contributed by atoms with E-state index in [2.05, 4.69) is 21.2 Å². The maximum absolute atomic E-state index is 10.0. The number of carbonyl (C=O) groups excluding carboxylic acids is 2. The van der Waals surface area contributed by atoms with Crippen molar-refractivity contribution in [2.24, 2.45) is 11.6 Å². The smallest absolute Gasteiger partial charge is 0.405 e. The highest BCUT2D eigenvalue weighted by molar-refractivity contribution is 5.74. The highest BCUT2D eigenvalue weighted by Crippen LogP contribution is 1.74. The van der Waals surface area contributed by atoms with Crippen molar-refractivity contribution in [1.29, 1.82) is 0 Å². The maximum atomic E-state index is 10.0. The Kier molecular flexibility index (Phi) is 3.14. The third-order valence-electron chi connectivity index (χ3n) is 0.464. The van der Waals surface area contributed by atoms with E-state index in [9.17, 15) is 9.59 Å². The van der Waals surface area contributed by atoms with Gasteiger partial charge in [-0.3, -0.25) is 0 Å². The summed E-state index contributed by atoms with van der Waals surface area (Å²) in [7, 11) is 0. The maximum Gasteiger partial charge on any atom is 0.405 e. The van der Waals surface area contributed by atoms with Gasteiger partial charge in [0.25, 0.3) is 0 Å². The molecule has 0 unspecified atom stereocenters. The van der Waals surface area contributed by atoms with Crippen LogP contribution in [0.2, 0.25) is 0 Å². The van der Waals surface area contributed by atoms with Crippen LogP contribution < -0.4 is 11.6 Å². The average Bonchev–Trinajstić information content (AvgIpc) is 1.83. The van der Waals surface area contributed by atoms with Crippen LogP contribution >= 0.6 is 0 Å². The van der Waals surface area contributed by atoms with E-state index in [1.54, 1.807) is 0 Å². The molecule has 0 rings (SSSR count). The molecule has 0 saturated heterocycles. The lowest BCUT2D eigenvalue weighted by atomic mass is 10.7. The molecule has 0 fully saturated rings. The highest BCUT2D eigenvalue weighted by atomic mass is 16.7. The molecule has 0 aliphatic carbocycles. The first-order valence-corrected chi connectivity index (χ1v) is 1.98. The van der Waals surface area contributed by atoms with Crippen molar-refractivity contribution >= 4 is 12.1 Å². The molecule has 6 heteroatoms. The molecule has 52 valence electrons. The Balaban J connectivity index is 3.28. The second kappa shape index (κ2) is 3.67. The molecule has 1 amide bonds. The number of hydrogen-bond donors (Lipinski definition) is 2. The lowest BCUT2D eigenvalue weighted by molar-refractivity contribution is -0.147. The van der Waals surface area contributed by atoms with Crippen molar-refractivity contribution in [2.75, 3.05) is 6.61 Å². The fourth-order valence-electron chi connectivity index (χ4n) is 0.164. The monoisotopic (exact) mass is 134 g/mol. The summed E-state index contributed by atoms with van der Waals surface area (Å²) in [5, 5.41) is 0. The summed E-state index contributed by atoms with van der Waals surface area (Å²) in [6, 6.07) is 0. The third-order valence-corrected chi connectivity index (χ3v) is 0.464. The number of carbonyl (C=O) groups is 2. The first-order chi connectivity index (χ1) is 4.16. The fraction of sp³-hybridized carbons (Fsp3) is 0.333. The molecule has 0 bridgehead atoms. The Bertz CT molecular complexity index is 123. The first-order valence-electron chi connectivity index (χ1n) is 1.98. The van der Waals surface area contributed by atoms with Gasteiger partial charge >= 0.3 is 12.1 Å². The molecule has 0 aromatic carbocycles. The van der Waals surface area contributed by atoms with E-state index in [0.29, 0.717) is 0 Å². The van der Waals surface area contributed by atoms with Crippen molar-refractivity contribution < 1.29 is 19.2 Å². The molecular formula is C3H6N2O4. The Morgan fingerprint density at radius 3 is 2.33 bits per heavy atom. The van der Waals surface area contributed by atoms with Crippen LogP contribution in [-0.4, -0.2) is 18.7 Å². The molecule has 0 saturated carbocycles. The summed E-state index contributed by atoms with van der Waals surface area (Å²) in [6.45, 7) is -0.550. The summed E-state index contributed by atoms with van der Waals surface area (Å²) >= 11 is 0. The molecule has 0 spiro atoms. The Hall–Kier alpha value is -1.30. The van der Waals surface area contributed by atoms with Gasteiger partial charge in [-0.05, 0) is 0 Å². The molecule has 9 heavy (non-hydrogen) atoms. The van der Waals surface area contributed by atoms with E-state index in [1.807, 2.05) is 0 Å². The number of ether oxygens (including phenoxy) is 1. The zero-order valence-electron chi connectivity index (χ0n) is 4.49. The SMILES string of the molecule is NOC(=O)COC(N)=O. The Morgan fingerprint density at radius 1 is 1.44 bits per heavy atom. The number of rotatable bonds is 2. The van der Waals surface area contributed by atoms with Gasteiger partial charge < -0.3 is 15.3 Å². The molecule has 0 atom stereocenters. The van der Waals surface area contributed by atoms with Gasteiger partial charge in [-0.15, -0.1) is 0 Å². The topological polar surface area (TPSA) is 105 Å². The minimum Gasteiger partial charge on any atom is -0.438 e. The van der Waals surface area contributed by atoms with E-state index in [4.69, 9.17) is 0 Å². The van der Waals surface area contributed by atoms with Crippen molar-refractivity contribution in [2.45, 2.75) is 0 Å². The normalized spacial score (nSPS) is 8.11. The van der Waals surface area contributed by atoms with E-state index in [1.165, 1.54) is 0 Å². The molecule has 0 heterocycles. The molecule has 0 aromatic heterocycles. The molecule has 6 nitrogen and oxygen atoms in total. The summed E-state index contributed by atoms with van der Waals surface area (Å²) in [6.07, 6.45) is -1.04. The van der Waals surface area contributed by atoms with Crippen molar-refractivity contribution in [1.82, 2.24) is 0 Å². The highest BCUT2D eigenvalue weighted by Gasteiger charge is 2.01. The van der Waals surface area contributed by atoms with E-state index in [0.717, 1.165) is 0 Å². The van der Waals surface area contributed by atoms with Crippen molar-refractivity contribution in [3.8, 4) is 0 Å². The van der Waals surface area contributed by atoms with Crippen molar-refractivity contribution in [3.05, 3.63) is 0 Å². The average molecular weight is 134 g/mol. The largest absolute Gasteiger partial charge is 0.438 e. The van der Waals surface area contributed by atoms with Gasteiger partial charge in [-0.25, -0.2) is 9.59 Å². The zero-order chi connectivity index (χ0) is 7.28. The lowest BCUT2D eigenvalue weighted by Crippen LogP contribution is -2.22. The molecular weight excluding hydrogens is 128 g/mol. The quantitative estimate of drug-likeness (QED) is 0.447. The summed E-state index contributed by atoms with van der Waals surface area (Å²) in [4.78, 5) is 23.4. The van der Waals surface area contributed by atoms with Gasteiger partial charge in [0, 0.05) is 0 Å². The number of hydrogen-bond acceptors (Lipinski definition) is 5. The predicted octanol–water partition coefficient (Wildman–Crippen LogP) is -1.50. The van der Waals surface area contributed by atoms with Gasteiger partial charge in [0.15, 0.2) is 6.61 Å². The van der Waals surface area contributed by atoms with Crippen LogP contribution in [0.3, 0.4) is 0 Å². The van der Waals surface area contributed by atoms with Crippen LogP contribution in [0.15, 0.2) is 0 Å². The molecule has 0 aromatic rings. The minimum absolute atomic E-state index is 0.550. The summed E-state index contributed by atoms with van der Waals surface area (Å²) in [5.74, 6) is 3.52. The summed E-state index contributed by atoms with van der Waals surface area (Å²) in [5.41, 5.74) is 4.49. The predicted molar refractivity (Wildman–Crippen MR) is 25.8 cm³/mol. The Morgan fingerprint density at radius 2 is 2.00 bits per heavy atom. The Labute approximate surface area is 50.7 Å². The number of nitrogens with two attached hydrogens (primary N) is 2. The summed E-state index contributed by atoms with van der Waals surface area (Å²) < 4.78 is 3.98. The van der Waals surface area contributed by atoms with Crippen molar-refractivity contribution in [3.63, 3.8) is 0 Å². The van der Waals surface area contributed by atoms with Gasteiger partial charge in [0.1, 0.15) is 0 Å². The van der Waals surface area contributed by atoms with Crippen LogP contribution in [0, 0.1) is 0 Å². The first kappa shape index (κ1) is 7.70. The molecule has 0 aliphatic heterocycles.